The number of carbonyl (C=O) groups excluding carboxylic acids is 1. The van der Waals surface area contributed by atoms with Crippen LogP contribution in [0.15, 0.2) is 0 Å². The maximum absolute atomic E-state index is 10.7. The monoisotopic (exact) mass is 317 g/mol. The van der Waals surface area contributed by atoms with Gasteiger partial charge in [-0.25, -0.2) is 0 Å². The molecule has 0 spiro atoms. The quantitative estimate of drug-likeness (QED) is 0.790. The second kappa shape index (κ2) is 11.7. The Bertz CT molecular complexity index is 277. The van der Waals surface area contributed by atoms with Gasteiger partial charge in [0.1, 0.15) is 14.9 Å². The van der Waals surface area contributed by atoms with Crippen LogP contribution in [0.4, 0.5) is 0 Å². The molecule has 0 rings (SSSR count). The molecule has 0 aromatic carbocycles. The minimum Gasteiger partial charge on any atom is -0.480 e. The average Bonchev–Trinajstić information content (AvgIpc) is 2.01. The zero-order chi connectivity index (χ0) is 13.5. The normalized spacial score (nSPS) is 8.78. The van der Waals surface area contributed by atoms with Crippen LogP contribution >= 0.6 is 36.4 Å². The highest BCUT2D eigenvalue weighted by molar-refractivity contribution is 8.24. The smallest absolute Gasteiger partial charge is 0.319 e. The Hall–Kier alpha value is -0.330. The fraction of sp³-hybridized carbons (Fsp3) is 0.727. The van der Waals surface area contributed by atoms with E-state index in [-0.39, 0.29) is 25.6 Å². The standard InChI is InChI=1S/C7H13NO2S2.C3H6O.CH4.ClH/c1-7(2,5(9)10)12-6(11)8(3)4;1-3(2)4;;/h1-4H3,(H,9,10);1-2H3;1H4;1H. The predicted molar refractivity (Wildman–Crippen MR) is 85.9 cm³/mol. The van der Waals surface area contributed by atoms with E-state index in [4.69, 9.17) is 17.3 Å². The Morgan fingerprint density at radius 1 is 1.22 bits per heavy atom. The number of thioether (sulfide) groups is 1. The van der Waals surface area contributed by atoms with Crippen molar-refractivity contribution in [1.82, 2.24) is 4.90 Å². The molecule has 1 N–H and O–H groups in total. The van der Waals surface area contributed by atoms with Crippen molar-refractivity contribution >= 4 is 52.5 Å². The van der Waals surface area contributed by atoms with Crippen LogP contribution in [-0.2, 0) is 9.59 Å². The number of thiocarbonyl (C=S) groups is 1. The molecule has 0 aliphatic carbocycles. The number of carboxylic acid groups (broad SMARTS) is 1. The van der Waals surface area contributed by atoms with E-state index >= 15 is 0 Å². The van der Waals surface area contributed by atoms with Crippen LogP contribution < -0.4 is 0 Å². The van der Waals surface area contributed by atoms with E-state index in [0.717, 1.165) is 0 Å². The van der Waals surface area contributed by atoms with Gasteiger partial charge in [0.05, 0.1) is 0 Å². The molecule has 0 saturated heterocycles. The first-order valence-electron chi connectivity index (χ1n) is 4.61. The number of aliphatic carboxylic acids is 1. The van der Waals surface area contributed by atoms with Gasteiger partial charge in [0, 0.05) is 14.1 Å². The summed E-state index contributed by atoms with van der Waals surface area (Å²) in [6.45, 7) is 6.32. The third-order valence-electron chi connectivity index (χ3n) is 1.22. The second-order valence-corrected chi connectivity index (χ2v) is 6.24. The number of hydrogen-bond acceptors (Lipinski definition) is 4. The number of ketones is 1. The maximum Gasteiger partial charge on any atom is 0.319 e. The number of rotatable bonds is 2. The first-order valence-corrected chi connectivity index (χ1v) is 5.84. The van der Waals surface area contributed by atoms with Gasteiger partial charge in [0.15, 0.2) is 0 Å². The van der Waals surface area contributed by atoms with E-state index in [2.05, 4.69) is 0 Å². The van der Waals surface area contributed by atoms with Crippen molar-refractivity contribution in [3.05, 3.63) is 0 Å². The molecule has 0 unspecified atom stereocenters. The largest absolute Gasteiger partial charge is 0.480 e. The van der Waals surface area contributed by atoms with E-state index in [1.54, 1.807) is 32.8 Å². The van der Waals surface area contributed by atoms with Crippen LogP contribution in [0.1, 0.15) is 35.1 Å². The lowest BCUT2D eigenvalue weighted by Gasteiger charge is -2.22. The molecule has 0 aromatic heterocycles. The first-order chi connectivity index (χ1) is 7.00. The van der Waals surface area contributed by atoms with Gasteiger partial charge in [-0.15, -0.1) is 12.4 Å². The molecule has 0 radical (unpaired) electrons. The highest BCUT2D eigenvalue weighted by Gasteiger charge is 2.29. The van der Waals surface area contributed by atoms with Crippen molar-refractivity contribution < 1.29 is 14.7 Å². The SMILES string of the molecule is C.CC(C)=O.CN(C)C(=S)SC(C)(C)C(=O)O.Cl. The van der Waals surface area contributed by atoms with Crippen LogP contribution in [0.5, 0.6) is 0 Å². The van der Waals surface area contributed by atoms with Crippen LogP contribution in [0.25, 0.3) is 0 Å². The number of Topliss-reactive ketones (excluding diaryl/α,β-unsaturated/α-hetero) is 1. The molecule has 4 nitrogen and oxygen atoms in total. The molecule has 0 aromatic rings. The van der Waals surface area contributed by atoms with Crippen molar-refractivity contribution in [2.75, 3.05) is 14.1 Å². The molecule has 18 heavy (non-hydrogen) atoms. The van der Waals surface area contributed by atoms with Gasteiger partial charge in [-0.2, -0.15) is 0 Å². The van der Waals surface area contributed by atoms with Gasteiger partial charge in [-0.05, 0) is 27.7 Å². The highest BCUT2D eigenvalue weighted by atomic mass is 35.5. The number of nitrogens with zero attached hydrogens (tertiary/aromatic N) is 1. The topological polar surface area (TPSA) is 57.6 Å². The molecule has 7 heteroatoms. The van der Waals surface area contributed by atoms with E-state index in [1.165, 1.54) is 25.6 Å². The second-order valence-electron chi connectivity index (χ2n) is 3.99. The lowest BCUT2D eigenvalue weighted by atomic mass is 10.2. The number of carbonyl (C=O) groups is 2. The molecule has 0 fully saturated rings. The minimum absolute atomic E-state index is 0. The molecule has 0 aliphatic rings. The Kier molecular flexibility index (Phi) is 17.1. The van der Waals surface area contributed by atoms with E-state index in [1.807, 2.05) is 0 Å². The third kappa shape index (κ3) is 15.7. The Morgan fingerprint density at radius 3 is 1.67 bits per heavy atom. The summed E-state index contributed by atoms with van der Waals surface area (Å²) < 4.78 is -0.260. The zero-order valence-electron chi connectivity index (χ0n) is 10.9. The van der Waals surface area contributed by atoms with Gasteiger partial charge in [0.25, 0.3) is 0 Å². The van der Waals surface area contributed by atoms with Crippen molar-refractivity contribution in [3.63, 3.8) is 0 Å². The lowest BCUT2D eigenvalue weighted by Crippen LogP contribution is -2.31. The summed E-state index contributed by atoms with van der Waals surface area (Å²) in [7, 11) is 3.60. The van der Waals surface area contributed by atoms with Gasteiger partial charge < -0.3 is 14.8 Å². The molecular weight excluding hydrogens is 294 g/mol. The lowest BCUT2D eigenvalue weighted by molar-refractivity contribution is -0.138. The number of halogens is 1. The Labute approximate surface area is 126 Å². The molecule has 0 saturated carbocycles. The molecule has 0 heterocycles. The Balaban J connectivity index is -0.000000143. The van der Waals surface area contributed by atoms with Crippen molar-refractivity contribution in [2.24, 2.45) is 0 Å². The van der Waals surface area contributed by atoms with Gasteiger partial charge in [-0.1, -0.05) is 31.4 Å². The molecule has 110 valence electrons. The molecule has 0 bridgehead atoms. The van der Waals surface area contributed by atoms with Crippen molar-refractivity contribution in [3.8, 4) is 0 Å². The van der Waals surface area contributed by atoms with Gasteiger partial charge >= 0.3 is 5.97 Å². The number of carboxylic acids is 1. The third-order valence-corrected chi connectivity index (χ3v) is 3.06. The summed E-state index contributed by atoms with van der Waals surface area (Å²) in [5, 5.41) is 8.77. The van der Waals surface area contributed by atoms with Crippen molar-refractivity contribution in [2.45, 2.75) is 39.9 Å². The van der Waals surface area contributed by atoms with Crippen LogP contribution in [0.3, 0.4) is 0 Å². The Morgan fingerprint density at radius 2 is 1.50 bits per heavy atom. The van der Waals surface area contributed by atoms with Gasteiger partial charge in [0.2, 0.25) is 0 Å². The molecular formula is C11H24ClNO3S2. The summed E-state index contributed by atoms with van der Waals surface area (Å²) in [5.74, 6) is -0.684. The van der Waals surface area contributed by atoms with Gasteiger partial charge in [-0.3, -0.25) is 4.79 Å². The van der Waals surface area contributed by atoms with Crippen molar-refractivity contribution in [1.29, 1.82) is 0 Å². The molecule has 0 aliphatic heterocycles. The summed E-state index contributed by atoms with van der Waals surface area (Å²) in [5.41, 5.74) is 0. The number of hydrogen-bond donors (Lipinski definition) is 1. The van der Waals surface area contributed by atoms with Crippen LogP contribution in [0.2, 0.25) is 0 Å². The maximum atomic E-state index is 10.7. The summed E-state index contributed by atoms with van der Waals surface area (Å²) in [6.07, 6.45) is 0. The fourth-order valence-corrected chi connectivity index (χ4v) is 1.68. The van der Waals surface area contributed by atoms with Crippen LogP contribution in [0, 0.1) is 0 Å². The van der Waals surface area contributed by atoms with Crippen LogP contribution in [-0.4, -0.2) is 44.9 Å². The predicted octanol–water partition coefficient (Wildman–Crippen LogP) is 3.08. The summed E-state index contributed by atoms with van der Waals surface area (Å²) in [6, 6.07) is 0. The van der Waals surface area contributed by atoms with E-state index in [0.29, 0.717) is 4.32 Å². The van der Waals surface area contributed by atoms with E-state index in [9.17, 15) is 9.59 Å². The highest BCUT2D eigenvalue weighted by Crippen LogP contribution is 2.26. The molecule has 0 amide bonds. The average molecular weight is 318 g/mol. The zero-order valence-corrected chi connectivity index (χ0v) is 13.4. The first kappa shape index (κ1) is 26.3. The van der Waals surface area contributed by atoms with E-state index < -0.39 is 10.7 Å². The minimum atomic E-state index is -0.850. The molecule has 0 atom stereocenters. The fourth-order valence-electron chi connectivity index (χ4n) is 0.353. The summed E-state index contributed by atoms with van der Waals surface area (Å²) in [4.78, 5) is 21.9. The summed E-state index contributed by atoms with van der Waals surface area (Å²) >= 11 is 6.15.